The van der Waals surface area contributed by atoms with Crippen LogP contribution < -0.4 is 4.74 Å². The highest BCUT2D eigenvalue weighted by Gasteiger charge is 2.21. The molecule has 0 bridgehead atoms. The molecule has 0 unspecified atom stereocenters. The van der Waals surface area contributed by atoms with Crippen molar-refractivity contribution >= 4 is 56.8 Å². The summed E-state index contributed by atoms with van der Waals surface area (Å²) in [4.78, 5) is 8.60. The number of aromatic nitrogens is 3. The zero-order valence-corrected chi connectivity index (χ0v) is 13.5. The fourth-order valence-electron chi connectivity index (χ4n) is 1.77. The van der Waals surface area contributed by atoms with E-state index in [1.807, 2.05) is 0 Å². The summed E-state index contributed by atoms with van der Waals surface area (Å²) >= 11 is 10.5. The number of halogens is 3. The van der Waals surface area contributed by atoms with E-state index in [0.29, 0.717) is 11.8 Å². The molecule has 0 atom stereocenters. The maximum atomic E-state index is 5.94. The highest BCUT2D eigenvalue weighted by Crippen LogP contribution is 2.34. The molecule has 0 saturated carbocycles. The molecule has 0 spiro atoms. The summed E-state index contributed by atoms with van der Waals surface area (Å²) in [5.74, 6) is 1.64. The number of fused-ring (bicyclic) bond motifs is 3. The largest absolute Gasteiger partial charge is 0.489 e. The van der Waals surface area contributed by atoms with Crippen molar-refractivity contribution in [2.75, 3.05) is 6.61 Å². The van der Waals surface area contributed by atoms with Gasteiger partial charge in [-0.25, -0.2) is 9.97 Å². The number of hydrogen-bond acceptors (Lipinski definition) is 3. The van der Waals surface area contributed by atoms with Crippen molar-refractivity contribution < 1.29 is 4.74 Å². The number of pyridine rings is 1. The Morgan fingerprint density at radius 3 is 3.06 bits per heavy atom. The molecular formula is C10H6ClI2N3O. The molecular weight excluding hydrogens is 467 g/mol. The zero-order valence-electron chi connectivity index (χ0n) is 8.45. The summed E-state index contributed by atoms with van der Waals surface area (Å²) in [6.45, 7) is 1.40. The molecule has 1 aliphatic rings. The first kappa shape index (κ1) is 12.0. The lowest BCUT2D eigenvalue weighted by atomic mass is 10.2. The molecule has 0 radical (unpaired) electrons. The second kappa shape index (κ2) is 4.54. The minimum atomic E-state index is 0.453. The van der Waals surface area contributed by atoms with Crippen molar-refractivity contribution in [2.24, 2.45) is 0 Å². The van der Waals surface area contributed by atoms with Crippen LogP contribution >= 0.6 is 56.8 Å². The van der Waals surface area contributed by atoms with Crippen LogP contribution in [0.3, 0.4) is 0 Å². The quantitative estimate of drug-likeness (QED) is 0.436. The van der Waals surface area contributed by atoms with Crippen LogP contribution in [0.25, 0.3) is 11.4 Å². The maximum absolute atomic E-state index is 5.94. The second-order valence-electron chi connectivity index (χ2n) is 3.52. The number of ether oxygens (including phenoxy) is 1. The van der Waals surface area contributed by atoms with E-state index in [1.165, 1.54) is 0 Å². The first-order valence-corrected chi connectivity index (χ1v) is 7.40. The Hall–Kier alpha value is -0.0900. The van der Waals surface area contributed by atoms with Gasteiger partial charge in [0, 0.05) is 0 Å². The Morgan fingerprint density at radius 1 is 1.41 bits per heavy atom. The van der Waals surface area contributed by atoms with Gasteiger partial charge in [-0.2, -0.15) is 0 Å². The van der Waals surface area contributed by atoms with Gasteiger partial charge in [-0.05, 0) is 51.2 Å². The second-order valence-corrected chi connectivity index (χ2v) is 5.95. The molecule has 0 fully saturated rings. The molecule has 2 aromatic heterocycles. The van der Waals surface area contributed by atoms with E-state index >= 15 is 0 Å². The van der Waals surface area contributed by atoms with Gasteiger partial charge in [0.05, 0.1) is 18.3 Å². The monoisotopic (exact) mass is 473 g/mol. The molecule has 0 aliphatic carbocycles. The molecule has 3 heterocycles. The molecule has 0 amide bonds. The van der Waals surface area contributed by atoms with Crippen LogP contribution in [-0.2, 0) is 6.54 Å². The normalized spacial score (nSPS) is 13.6. The van der Waals surface area contributed by atoms with E-state index in [2.05, 4.69) is 59.7 Å². The molecule has 17 heavy (non-hydrogen) atoms. The van der Waals surface area contributed by atoms with Crippen molar-refractivity contribution in [3.8, 4) is 17.1 Å². The zero-order chi connectivity index (χ0) is 12.0. The summed E-state index contributed by atoms with van der Waals surface area (Å²) in [6, 6.07) is 1.80. The molecule has 88 valence electrons. The predicted octanol–water partition coefficient (Wildman–Crippen LogP) is 3.20. The van der Waals surface area contributed by atoms with Crippen LogP contribution in [0.1, 0.15) is 0 Å². The van der Waals surface area contributed by atoms with E-state index in [9.17, 15) is 0 Å². The first-order valence-electron chi connectivity index (χ1n) is 4.87. The van der Waals surface area contributed by atoms with Gasteiger partial charge in [-0.1, -0.05) is 11.6 Å². The topological polar surface area (TPSA) is 39.9 Å². The lowest BCUT2D eigenvalue weighted by Crippen LogP contribution is -2.07. The van der Waals surface area contributed by atoms with Crippen molar-refractivity contribution in [2.45, 2.75) is 6.54 Å². The predicted molar refractivity (Wildman–Crippen MR) is 81.4 cm³/mol. The van der Waals surface area contributed by atoms with Crippen molar-refractivity contribution in [3.63, 3.8) is 0 Å². The van der Waals surface area contributed by atoms with Gasteiger partial charge in [-0.15, -0.1) is 0 Å². The summed E-state index contributed by atoms with van der Waals surface area (Å²) in [6.07, 6.45) is 1.65. The maximum Gasteiger partial charge on any atom is 0.148 e. The van der Waals surface area contributed by atoms with E-state index in [4.69, 9.17) is 16.3 Å². The lowest BCUT2D eigenvalue weighted by molar-refractivity contribution is 0.304. The van der Waals surface area contributed by atoms with Crippen molar-refractivity contribution in [1.29, 1.82) is 0 Å². The average molecular weight is 473 g/mol. The van der Waals surface area contributed by atoms with Gasteiger partial charge < -0.3 is 9.30 Å². The Labute approximate surface area is 130 Å². The van der Waals surface area contributed by atoms with Gasteiger partial charge in [0.1, 0.15) is 30.7 Å². The van der Waals surface area contributed by atoms with Gasteiger partial charge in [-0.3, -0.25) is 0 Å². The van der Waals surface area contributed by atoms with E-state index < -0.39 is 0 Å². The van der Waals surface area contributed by atoms with Crippen LogP contribution in [0, 0.1) is 7.40 Å². The summed E-state index contributed by atoms with van der Waals surface area (Å²) in [5, 5.41) is 0.453. The fourth-order valence-corrected chi connectivity index (χ4v) is 3.04. The van der Waals surface area contributed by atoms with Crippen LogP contribution in [-0.4, -0.2) is 21.1 Å². The minimum absolute atomic E-state index is 0.453. The van der Waals surface area contributed by atoms with Crippen LogP contribution in [0.5, 0.6) is 5.75 Å². The van der Waals surface area contributed by atoms with Crippen molar-refractivity contribution in [3.05, 3.63) is 24.8 Å². The fraction of sp³-hybridized carbons (Fsp3) is 0.200. The number of nitrogens with zero attached hydrogens (tertiary/aromatic N) is 3. The summed E-state index contributed by atoms with van der Waals surface area (Å²) < 4.78 is 9.92. The van der Waals surface area contributed by atoms with Crippen LogP contribution in [0.2, 0.25) is 5.15 Å². The summed E-state index contributed by atoms with van der Waals surface area (Å²) in [5.41, 5.74) is 0.906. The Kier molecular flexibility index (Phi) is 3.20. The van der Waals surface area contributed by atoms with Gasteiger partial charge >= 0.3 is 0 Å². The molecule has 3 rings (SSSR count). The van der Waals surface area contributed by atoms with E-state index in [1.54, 1.807) is 12.3 Å². The van der Waals surface area contributed by atoms with Gasteiger partial charge in [0.2, 0.25) is 0 Å². The highest BCUT2D eigenvalue weighted by molar-refractivity contribution is 14.1. The number of rotatable bonds is 0. The average Bonchev–Trinajstić information content (AvgIpc) is 2.49. The Bertz CT molecular complexity index is 599. The summed E-state index contributed by atoms with van der Waals surface area (Å²) in [7, 11) is 0. The standard InChI is InChI=1S/C10H6ClI2N3O/c11-7-3-5-6(4-14-7)17-2-1-16-9(13)8(12)15-10(5)16/h3-4H,1-2H2. The van der Waals surface area contributed by atoms with Crippen LogP contribution in [0.4, 0.5) is 0 Å². The van der Waals surface area contributed by atoms with Gasteiger partial charge in [0.25, 0.3) is 0 Å². The Balaban J connectivity index is 2.30. The molecule has 7 heteroatoms. The highest BCUT2D eigenvalue weighted by atomic mass is 127. The molecule has 2 aromatic rings. The molecule has 0 N–H and O–H groups in total. The Morgan fingerprint density at radius 2 is 2.24 bits per heavy atom. The third-order valence-electron chi connectivity index (χ3n) is 2.51. The smallest absolute Gasteiger partial charge is 0.148 e. The lowest BCUT2D eigenvalue weighted by Gasteiger charge is -2.04. The number of imidazole rings is 1. The van der Waals surface area contributed by atoms with Crippen molar-refractivity contribution in [1.82, 2.24) is 14.5 Å². The van der Waals surface area contributed by atoms with Crippen LogP contribution in [0.15, 0.2) is 12.3 Å². The molecule has 1 aliphatic heterocycles. The third-order valence-corrected chi connectivity index (χ3v) is 5.60. The molecule has 4 nitrogen and oxygen atoms in total. The molecule has 0 saturated heterocycles. The first-order chi connectivity index (χ1) is 8.16. The van der Waals surface area contributed by atoms with E-state index in [-0.39, 0.29) is 0 Å². The SMILES string of the molecule is Clc1cc2c(cn1)OCCn1c-2nc(I)c1I. The molecule has 0 aromatic carbocycles. The van der Waals surface area contributed by atoms with E-state index in [0.717, 1.165) is 31.1 Å². The van der Waals surface area contributed by atoms with Gasteiger partial charge in [0.15, 0.2) is 0 Å². The minimum Gasteiger partial charge on any atom is -0.489 e. The third kappa shape index (κ3) is 2.03. The number of hydrogen-bond donors (Lipinski definition) is 0.